The molecule has 0 aliphatic heterocycles. The van der Waals surface area contributed by atoms with E-state index in [4.69, 9.17) is 16.3 Å². The highest BCUT2D eigenvalue weighted by atomic mass is 35.5. The van der Waals surface area contributed by atoms with E-state index in [-0.39, 0.29) is 19.1 Å². The topological polar surface area (TPSA) is 64.6 Å². The van der Waals surface area contributed by atoms with Gasteiger partial charge in [0.25, 0.3) is 5.91 Å². The van der Waals surface area contributed by atoms with Crippen molar-refractivity contribution in [3.05, 3.63) is 28.8 Å². The lowest BCUT2D eigenvalue weighted by Gasteiger charge is -2.08. The molecule has 1 aromatic rings. The SMILES string of the molecule is CNC(=O)COC(=O)COc1cc(C)ccc1Cl. The fourth-order valence-corrected chi connectivity index (χ4v) is 1.29. The second-order valence-electron chi connectivity index (χ2n) is 3.56. The Morgan fingerprint density at radius 3 is 2.72 bits per heavy atom. The first-order chi connectivity index (χ1) is 8.52. The second kappa shape index (κ2) is 6.86. The zero-order valence-electron chi connectivity index (χ0n) is 10.2. The smallest absolute Gasteiger partial charge is 0.344 e. The molecule has 0 unspecified atom stereocenters. The van der Waals surface area contributed by atoms with Crippen molar-refractivity contribution < 1.29 is 19.1 Å². The molecule has 0 aliphatic carbocycles. The summed E-state index contributed by atoms with van der Waals surface area (Å²) in [6.45, 7) is 1.27. The summed E-state index contributed by atoms with van der Waals surface area (Å²) in [7, 11) is 1.46. The normalized spacial score (nSPS) is 9.72. The van der Waals surface area contributed by atoms with Gasteiger partial charge in [0, 0.05) is 7.05 Å². The zero-order valence-corrected chi connectivity index (χ0v) is 10.9. The average Bonchev–Trinajstić information content (AvgIpc) is 2.36. The lowest BCUT2D eigenvalue weighted by molar-refractivity contribution is -0.150. The molecule has 0 bridgehead atoms. The standard InChI is InChI=1S/C12H14ClNO4/c1-8-3-4-9(13)10(5-8)17-7-12(16)18-6-11(15)14-2/h3-5H,6-7H2,1-2H3,(H,14,15). The summed E-state index contributed by atoms with van der Waals surface area (Å²) in [6, 6.07) is 5.23. The van der Waals surface area contributed by atoms with Crippen LogP contribution in [0.3, 0.4) is 0 Å². The van der Waals surface area contributed by atoms with Gasteiger partial charge in [-0.25, -0.2) is 4.79 Å². The van der Waals surface area contributed by atoms with Crippen LogP contribution >= 0.6 is 11.6 Å². The fourth-order valence-electron chi connectivity index (χ4n) is 1.12. The zero-order chi connectivity index (χ0) is 13.5. The third kappa shape index (κ3) is 4.63. The number of rotatable bonds is 5. The van der Waals surface area contributed by atoms with Crippen molar-refractivity contribution in [2.75, 3.05) is 20.3 Å². The van der Waals surface area contributed by atoms with Crippen molar-refractivity contribution in [1.82, 2.24) is 5.32 Å². The van der Waals surface area contributed by atoms with Crippen LogP contribution in [0.15, 0.2) is 18.2 Å². The van der Waals surface area contributed by atoms with Crippen LogP contribution in [-0.4, -0.2) is 32.1 Å². The van der Waals surface area contributed by atoms with Gasteiger partial charge in [0.2, 0.25) is 0 Å². The number of amides is 1. The van der Waals surface area contributed by atoms with E-state index in [0.717, 1.165) is 5.56 Å². The number of nitrogens with one attached hydrogen (secondary N) is 1. The summed E-state index contributed by atoms with van der Waals surface area (Å²) in [4.78, 5) is 22.1. The van der Waals surface area contributed by atoms with Crippen LogP contribution in [-0.2, 0) is 14.3 Å². The lowest BCUT2D eigenvalue weighted by Crippen LogP contribution is -2.26. The van der Waals surface area contributed by atoms with Crippen LogP contribution < -0.4 is 10.1 Å². The molecule has 0 aromatic heterocycles. The highest BCUT2D eigenvalue weighted by molar-refractivity contribution is 6.32. The van der Waals surface area contributed by atoms with Crippen molar-refractivity contribution in [2.24, 2.45) is 0 Å². The number of aryl methyl sites for hydroxylation is 1. The predicted molar refractivity (Wildman–Crippen MR) is 66.7 cm³/mol. The summed E-state index contributed by atoms with van der Waals surface area (Å²) in [5.74, 6) is -0.596. The predicted octanol–water partition coefficient (Wildman–Crippen LogP) is 1.32. The summed E-state index contributed by atoms with van der Waals surface area (Å²) < 4.78 is 9.87. The Kier molecular flexibility index (Phi) is 5.45. The Morgan fingerprint density at radius 2 is 2.06 bits per heavy atom. The number of carbonyl (C=O) groups excluding carboxylic acids is 2. The number of likely N-dealkylation sites (N-methyl/N-ethyl adjacent to an activating group) is 1. The molecule has 18 heavy (non-hydrogen) atoms. The van der Waals surface area contributed by atoms with E-state index < -0.39 is 5.97 Å². The van der Waals surface area contributed by atoms with Gasteiger partial charge in [0.15, 0.2) is 13.2 Å². The summed E-state index contributed by atoms with van der Waals surface area (Å²) in [6.07, 6.45) is 0. The maximum absolute atomic E-state index is 11.3. The molecule has 0 saturated carbocycles. The summed E-state index contributed by atoms with van der Waals surface area (Å²) >= 11 is 5.89. The lowest BCUT2D eigenvalue weighted by atomic mass is 10.2. The van der Waals surface area contributed by atoms with Gasteiger partial charge in [-0.3, -0.25) is 4.79 Å². The molecule has 1 N–H and O–H groups in total. The summed E-state index contributed by atoms with van der Waals surface area (Å²) in [5.41, 5.74) is 0.966. The van der Waals surface area contributed by atoms with Gasteiger partial charge in [-0.05, 0) is 24.6 Å². The maximum atomic E-state index is 11.3. The molecule has 98 valence electrons. The highest BCUT2D eigenvalue weighted by Crippen LogP contribution is 2.25. The molecule has 6 heteroatoms. The number of halogens is 1. The first kappa shape index (κ1) is 14.3. The van der Waals surface area contributed by atoms with Crippen LogP contribution in [0.1, 0.15) is 5.56 Å². The number of benzene rings is 1. The molecular formula is C12H14ClNO4. The molecule has 0 aliphatic rings. The molecule has 0 fully saturated rings. The molecular weight excluding hydrogens is 258 g/mol. The average molecular weight is 272 g/mol. The Bertz CT molecular complexity index is 448. The molecule has 0 saturated heterocycles. The Hall–Kier alpha value is -1.75. The van der Waals surface area contributed by atoms with E-state index in [1.165, 1.54) is 7.05 Å². The van der Waals surface area contributed by atoms with Crippen LogP contribution in [0.2, 0.25) is 5.02 Å². The van der Waals surface area contributed by atoms with Crippen molar-refractivity contribution >= 4 is 23.5 Å². The van der Waals surface area contributed by atoms with Gasteiger partial charge in [-0.2, -0.15) is 0 Å². The minimum Gasteiger partial charge on any atom is -0.480 e. The first-order valence-electron chi connectivity index (χ1n) is 5.28. The van der Waals surface area contributed by atoms with E-state index in [1.807, 2.05) is 13.0 Å². The largest absolute Gasteiger partial charge is 0.480 e. The van der Waals surface area contributed by atoms with Gasteiger partial charge in [-0.15, -0.1) is 0 Å². The quantitative estimate of drug-likeness (QED) is 0.821. The van der Waals surface area contributed by atoms with E-state index in [2.05, 4.69) is 10.1 Å². The van der Waals surface area contributed by atoms with E-state index in [0.29, 0.717) is 10.8 Å². The van der Waals surface area contributed by atoms with E-state index in [9.17, 15) is 9.59 Å². The number of esters is 1. The Labute approximate surface area is 110 Å². The number of hydrogen-bond donors (Lipinski definition) is 1. The number of carbonyl (C=O) groups is 2. The Balaban J connectivity index is 2.42. The molecule has 1 rings (SSSR count). The van der Waals surface area contributed by atoms with Crippen molar-refractivity contribution in [3.8, 4) is 5.75 Å². The van der Waals surface area contributed by atoms with Crippen LogP contribution in [0.4, 0.5) is 0 Å². The van der Waals surface area contributed by atoms with Crippen LogP contribution in [0, 0.1) is 6.92 Å². The van der Waals surface area contributed by atoms with Gasteiger partial charge in [0.1, 0.15) is 5.75 Å². The summed E-state index contributed by atoms with van der Waals surface area (Å²) in [5, 5.41) is 2.75. The maximum Gasteiger partial charge on any atom is 0.344 e. The number of hydrogen-bond acceptors (Lipinski definition) is 4. The molecule has 5 nitrogen and oxygen atoms in total. The van der Waals surface area contributed by atoms with Gasteiger partial charge < -0.3 is 14.8 Å². The van der Waals surface area contributed by atoms with Crippen LogP contribution in [0.25, 0.3) is 0 Å². The number of ether oxygens (including phenoxy) is 2. The van der Waals surface area contributed by atoms with Gasteiger partial charge in [0.05, 0.1) is 5.02 Å². The van der Waals surface area contributed by atoms with E-state index in [1.54, 1.807) is 12.1 Å². The van der Waals surface area contributed by atoms with Gasteiger partial charge in [-0.1, -0.05) is 17.7 Å². The molecule has 1 aromatic carbocycles. The van der Waals surface area contributed by atoms with Crippen molar-refractivity contribution in [1.29, 1.82) is 0 Å². The van der Waals surface area contributed by atoms with Crippen molar-refractivity contribution in [3.63, 3.8) is 0 Å². The Morgan fingerprint density at radius 1 is 1.33 bits per heavy atom. The minimum atomic E-state index is -0.629. The molecule has 1 amide bonds. The fraction of sp³-hybridized carbons (Fsp3) is 0.333. The third-order valence-electron chi connectivity index (χ3n) is 2.08. The molecule has 0 atom stereocenters. The van der Waals surface area contributed by atoms with Crippen molar-refractivity contribution in [2.45, 2.75) is 6.92 Å². The third-order valence-corrected chi connectivity index (χ3v) is 2.39. The monoisotopic (exact) mass is 271 g/mol. The molecule has 0 spiro atoms. The molecule has 0 radical (unpaired) electrons. The highest BCUT2D eigenvalue weighted by Gasteiger charge is 2.09. The van der Waals surface area contributed by atoms with Gasteiger partial charge >= 0.3 is 5.97 Å². The molecule has 0 heterocycles. The van der Waals surface area contributed by atoms with Crippen LogP contribution in [0.5, 0.6) is 5.75 Å². The minimum absolute atomic E-state index is 0.292. The first-order valence-corrected chi connectivity index (χ1v) is 5.66. The second-order valence-corrected chi connectivity index (χ2v) is 3.96. The van der Waals surface area contributed by atoms with E-state index >= 15 is 0 Å².